The van der Waals surface area contributed by atoms with Gasteiger partial charge in [0.05, 0.1) is 21.3 Å². The number of ether oxygens (including phenoxy) is 3. The summed E-state index contributed by atoms with van der Waals surface area (Å²) in [5, 5.41) is 3.65. The Hall–Kier alpha value is -3.24. The Kier molecular flexibility index (Phi) is 8.76. The van der Waals surface area contributed by atoms with Gasteiger partial charge in [-0.05, 0) is 72.8 Å². The van der Waals surface area contributed by atoms with E-state index in [0.29, 0.717) is 6.04 Å². The lowest BCUT2D eigenvalue weighted by molar-refractivity contribution is 0.393. The third-order valence-corrected chi connectivity index (χ3v) is 5.45. The molecular weight excluding hydrogens is 398 g/mol. The van der Waals surface area contributed by atoms with E-state index >= 15 is 0 Å². The van der Waals surface area contributed by atoms with Gasteiger partial charge in [-0.15, -0.1) is 0 Å². The molecular formula is C28H33NO3. The highest BCUT2D eigenvalue weighted by Crippen LogP contribution is 2.23. The second kappa shape index (κ2) is 12.0. The summed E-state index contributed by atoms with van der Waals surface area (Å²) in [7, 11) is 5.07. The summed E-state index contributed by atoms with van der Waals surface area (Å²) >= 11 is 0. The summed E-state index contributed by atoms with van der Waals surface area (Å²) in [5.41, 5.74) is 4.85. The quantitative estimate of drug-likeness (QED) is 0.399. The molecule has 32 heavy (non-hydrogen) atoms. The van der Waals surface area contributed by atoms with Crippen LogP contribution in [0.5, 0.6) is 17.2 Å². The lowest BCUT2D eigenvalue weighted by Gasteiger charge is -2.17. The monoisotopic (exact) mass is 431 g/mol. The highest BCUT2D eigenvalue weighted by molar-refractivity contribution is 5.71. The molecule has 1 unspecified atom stereocenters. The molecule has 0 saturated carbocycles. The Balaban J connectivity index is 1.63. The Morgan fingerprint density at radius 1 is 0.781 bits per heavy atom. The lowest BCUT2D eigenvalue weighted by Crippen LogP contribution is -2.30. The van der Waals surface area contributed by atoms with Crippen LogP contribution in [0.3, 0.4) is 0 Å². The Bertz CT molecular complexity index is 992. The SMILES string of the molecule is COc1cc(CCNC(C)Cc2cc(OC)ccc2/C=C\c2ccccc2)cc(OC)c1. The van der Waals surface area contributed by atoms with Crippen LogP contribution in [0.2, 0.25) is 0 Å². The highest BCUT2D eigenvalue weighted by Gasteiger charge is 2.09. The first-order chi connectivity index (χ1) is 15.6. The topological polar surface area (TPSA) is 39.7 Å². The summed E-state index contributed by atoms with van der Waals surface area (Å²) in [6, 6.07) is 23.0. The molecule has 0 amide bonds. The molecule has 168 valence electrons. The van der Waals surface area contributed by atoms with Crippen LogP contribution in [0.25, 0.3) is 12.2 Å². The van der Waals surface area contributed by atoms with Gasteiger partial charge in [-0.25, -0.2) is 0 Å². The Morgan fingerprint density at radius 2 is 1.47 bits per heavy atom. The van der Waals surface area contributed by atoms with E-state index in [4.69, 9.17) is 14.2 Å². The molecule has 0 spiro atoms. The van der Waals surface area contributed by atoms with Crippen LogP contribution in [0.15, 0.2) is 66.7 Å². The predicted octanol–water partition coefficient (Wildman–Crippen LogP) is 5.65. The summed E-state index contributed by atoms with van der Waals surface area (Å²) in [6.07, 6.45) is 6.14. The largest absolute Gasteiger partial charge is 0.497 e. The number of methoxy groups -OCH3 is 3. The molecule has 0 radical (unpaired) electrons. The molecule has 0 aliphatic rings. The fourth-order valence-corrected chi connectivity index (χ4v) is 3.67. The van der Waals surface area contributed by atoms with Gasteiger partial charge in [0, 0.05) is 12.1 Å². The van der Waals surface area contributed by atoms with Crippen molar-refractivity contribution in [2.75, 3.05) is 27.9 Å². The van der Waals surface area contributed by atoms with Crippen molar-refractivity contribution >= 4 is 12.2 Å². The maximum atomic E-state index is 5.47. The lowest BCUT2D eigenvalue weighted by atomic mass is 9.99. The first-order valence-electron chi connectivity index (χ1n) is 11.0. The molecule has 3 aromatic carbocycles. The van der Waals surface area contributed by atoms with Crippen molar-refractivity contribution in [3.05, 3.63) is 89.0 Å². The van der Waals surface area contributed by atoms with Gasteiger partial charge in [-0.3, -0.25) is 0 Å². The fourth-order valence-electron chi connectivity index (χ4n) is 3.67. The van der Waals surface area contributed by atoms with Crippen molar-refractivity contribution in [3.8, 4) is 17.2 Å². The van der Waals surface area contributed by atoms with Crippen LogP contribution in [0.4, 0.5) is 0 Å². The van der Waals surface area contributed by atoms with Crippen molar-refractivity contribution in [1.29, 1.82) is 0 Å². The van der Waals surface area contributed by atoms with Crippen molar-refractivity contribution in [2.24, 2.45) is 0 Å². The molecule has 3 rings (SSSR count). The van der Waals surface area contributed by atoms with Gasteiger partial charge in [0.25, 0.3) is 0 Å². The summed E-state index contributed by atoms with van der Waals surface area (Å²) < 4.78 is 16.2. The van der Waals surface area contributed by atoms with Gasteiger partial charge < -0.3 is 19.5 Å². The smallest absolute Gasteiger partial charge is 0.122 e. The van der Waals surface area contributed by atoms with Crippen LogP contribution in [-0.2, 0) is 12.8 Å². The number of benzene rings is 3. The summed E-state index contributed by atoms with van der Waals surface area (Å²) in [5.74, 6) is 2.52. The molecule has 0 bridgehead atoms. The number of rotatable bonds is 11. The van der Waals surface area contributed by atoms with Gasteiger partial charge in [0.15, 0.2) is 0 Å². The van der Waals surface area contributed by atoms with Gasteiger partial charge in [0.2, 0.25) is 0 Å². The van der Waals surface area contributed by atoms with Crippen molar-refractivity contribution in [2.45, 2.75) is 25.8 Å². The second-order valence-corrected chi connectivity index (χ2v) is 7.84. The average molecular weight is 432 g/mol. The Morgan fingerprint density at radius 3 is 2.12 bits per heavy atom. The predicted molar refractivity (Wildman–Crippen MR) is 133 cm³/mol. The van der Waals surface area contributed by atoms with E-state index < -0.39 is 0 Å². The third kappa shape index (κ3) is 6.89. The molecule has 4 nitrogen and oxygen atoms in total. The first-order valence-corrected chi connectivity index (χ1v) is 11.0. The molecule has 3 aromatic rings. The maximum absolute atomic E-state index is 5.47. The number of hydrogen-bond acceptors (Lipinski definition) is 4. The molecule has 4 heteroatoms. The zero-order chi connectivity index (χ0) is 22.8. The zero-order valence-electron chi connectivity index (χ0n) is 19.4. The van der Waals surface area contributed by atoms with Crippen LogP contribution in [0, 0.1) is 0 Å². The minimum absolute atomic E-state index is 0.318. The van der Waals surface area contributed by atoms with Gasteiger partial charge in [-0.1, -0.05) is 48.6 Å². The van der Waals surface area contributed by atoms with E-state index in [2.05, 4.69) is 72.9 Å². The van der Waals surface area contributed by atoms with E-state index in [-0.39, 0.29) is 0 Å². The molecule has 1 atom stereocenters. The molecule has 0 aromatic heterocycles. The van der Waals surface area contributed by atoms with Crippen LogP contribution >= 0.6 is 0 Å². The average Bonchev–Trinajstić information content (AvgIpc) is 2.83. The maximum Gasteiger partial charge on any atom is 0.122 e. The molecule has 1 N–H and O–H groups in total. The second-order valence-electron chi connectivity index (χ2n) is 7.84. The van der Waals surface area contributed by atoms with E-state index in [1.165, 1.54) is 22.3 Å². The summed E-state index contributed by atoms with van der Waals surface area (Å²) in [6.45, 7) is 3.09. The fraction of sp³-hybridized carbons (Fsp3) is 0.286. The third-order valence-electron chi connectivity index (χ3n) is 5.45. The van der Waals surface area contributed by atoms with Gasteiger partial charge >= 0.3 is 0 Å². The molecule has 0 saturated heterocycles. The number of hydrogen-bond donors (Lipinski definition) is 1. The van der Waals surface area contributed by atoms with Crippen LogP contribution < -0.4 is 19.5 Å². The van der Waals surface area contributed by atoms with E-state index in [1.807, 2.05) is 18.2 Å². The Labute approximate surface area is 191 Å². The molecule has 0 fully saturated rings. The van der Waals surface area contributed by atoms with E-state index in [9.17, 15) is 0 Å². The van der Waals surface area contributed by atoms with Crippen LogP contribution in [-0.4, -0.2) is 33.9 Å². The minimum Gasteiger partial charge on any atom is -0.497 e. The zero-order valence-corrected chi connectivity index (χ0v) is 19.4. The van der Waals surface area contributed by atoms with Crippen molar-refractivity contribution in [1.82, 2.24) is 5.32 Å². The molecule has 0 aliphatic heterocycles. The number of nitrogens with one attached hydrogen (secondary N) is 1. The summed E-state index contributed by atoms with van der Waals surface area (Å²) in [4.78, 5) is 0. The normalized spacial score (nSPS) is 12.0. The first kappa shape index (κ1) is 23.4. The standard InChI is InChI=1S/C28H33NO3/c1-21(29-15-14-23-17-27(31-3)20-28(18-23)32-4)16-25-19-26(30-2)13-12-24(25)11-10-22-8-6-5-7-9-22/h5-13,17-21,29H,14-16H2,1-4H3/b11-10-. The van der Waals surface area contributed by atoms with Crippen LogP contribution in [0.1, 0.15) is 29.2 Å². The van der Waals surface area contributed by atoms with E-state index in [0.717, 1.165) is 36.6 Å². The molecule has 0 aliphatic carbocycles. The van der Waals surface area contributed by atoms with Crippen molar-refractivity contribution < 1.29 is 14.2 Å². The highest BCUT2D eigenvalue weighted by atomic mass is 16.5. The van der Waals surface area contributed by atoms with Crippen molar-refractivity contribution in [3.63, 3.8) is 0 Å². The minimum atomic E-state index is 0.318. The van der Waals surface area contributed by atoms with E-state index in [1.54, 1.807) is 21.3 Å². The van der Waals surface area contributed by atoms with Gasteiger partial charge in [0.1, 0.15) is 17.2 Å². The molecule has 0 heterocycles. The van der Waals surface area contributed by atoms with Gasteiger partial charge in [-0.2, -0.15) is 0 Å².